The van der Waals surface area contributed by atoms with Crippen molar-refractivity contribution < 1.29 is 0 Å². The van der Waals surface area contributed by atoms with Crippen LogP contribution in [0.1, 0.15) is 5.56 Å². The van der Waals surface area contributed by atoms with E-state index in [0.717, 1.165) is 14.7 Å². The first kappa shape index (κ1) is 15.7. The van der Waals surface area contributed by atoms with Crippen molar-refractivity contribution in [1.29, 1.82) is 0 Å². The van der Waals surface area contributed by atoms with Crippen LogP contribution in [0.15, 0.2) is 53.3 Å². The number of hydrogen-bond donors (Lipinski definition) is 0. The van der Waals surface area contributed by atoms with Crippen molar-refractivity contribution in [1.82, 2.24) is 14.6 Å². The molecule has 0 atom stereocenters. The van der Waals surface area contributed by atoms with Crippen LogP contribution in [-0.4, -0.2) is 14.6 Å². The molecule has 0 radical (unpaired) electrons. The highest BCUT2D eigenvalue weighted by Gasteiger charge is 2.11. The Kier molecular flexibility index (Phi) is 4.11. The lowest BCUT2D eigenvalue weighted by molar-refractivity contribution is 0.937. The van der Waals surface area contributed by atoms with Gasteiger partial charge >= 0.3 is 0 Å². The van der Waals surface area contributed by atoms with Gasteiger partial charge in [-0.1, -0.05) is 35.1 Å². The highest BCUT2D eigenvalue weighted by atomic mass is 127. The van der Waals surface area contributed by atoms with E-state index in [1.807, 2.05) is 42.5 Å². The zero-order valence-corrected chi connectivity index (χ0v) is 15.8. The number of rotatable bonds is 2. The van der Waals surface area contributed by atoms with Crippen LogP contribution in [0.4, 0.5) is 0 Å². The predicted molar refractivity (Wildman–Crippen MR) is 106 cm³/mol. The highest BCUT2D eigenvalue weighted by molar-refractivity contribution is 14.1. The maximum absolute atomic E-state index is 12.5. The standard InChI is InChI=1S/C17H9ClIN3OS/c18-12-5-3-11(4-6-12)15-20-17-22(21-15)16(23)14(24-17)9-10-1-7-13(19)8-2-10/h1-9H/b14-9-. The van der Waals surface area contributed by atoms with E-state index in [1.165, 1.54) is 15.9 Å². The molecule has 0 unspecified atom stereocenters. The zero-order valence-electron chi connectivity index (χ0n) is 12.1. The Hall–Kier alpha value is -1.77. The van der Waals surface area contributed by atoms with Gasteiger partial charge in [0.2, 0.25) is 4.96 Å². The van der Waals surface area contributed by atoms with E-state index in [9.17, 15) is 4.79 Å². The van der Waals surface area contributed by atoms with Gasteiger partial charge in [0.05, 0.1) is 4.53 Å². The normalized spacial score (nSPS) is 12.2. The maximum atomic E-state index is 12.5. The Morgan fingerprint density at radius 1 is 1.08 bits per heavy atom. The topological polar surface area (TPSA) is 47.3 Å². The summed E-state index contributed by atoms with van der Waals surface area (Å²) in [6.45, 7) is 0. The molecular weight excluding hydrogens is 457 g/mol. The molecule has 7 heteroatoms. The summed E-state index contributed by atoms with van der Waals surface area (Å²) in [5, 5.41) is 4.98. The van der Waals surface area contributed by atoms with Crippen molar-refractivity contribution in [2.45, 2.75) is 0 Å². The van der Waals surface area contributed by atoms with Gasteiger partial charge in [-0.25, -0.2) is 0 Å². The molecule has 0 aliphatic heterocycles. The van der Waals surface area contributed by atoms with E-state index < -0.39 is 0 Å². The number of hydrogen-bond acceptors (Lipinski definition) is 4. The molecule has 0 aliphatic rings. The molecule has 4 aromatic rings. The summed E-state index contributed by atoms with van der Waals surface area (Å²) in [5.41, 5.74) is 1.66. The molecule has 0 spiro atoms. The second-order valence-corrected chi connectivity index (χ2v) is 7.80. The van der Waals surface area contributed by atoms with Crippen molar-refractivity contribution in [2.24, 2.45) is 0 Å². The van der Waals surface area contributed by atoms with Gasteiger partial charge in [0.25, 0.3) is 5.56 Å². The molecule has 0 saturated carbocycles. The van der Waals surface area contributed by atoms with Crippen LogP contribution in [0.3, 0.4) is 0 Å². The molecule has 0 saturated heterocycles. The predicted octanol–water partition coefficient (Wildman–Crippen LogP) is 3.62. The van der Waals surface area contributed by atoms with Gasteiger partial charge in [0.15, 0.2) is 5.82 Å². The molecule has 4 nitrogen and oxygen atoms in total. The number of aromatic nitrogens is 3. The average Bonchev–Trinajstić information content (AvgIpc) is 3.11. The van der Waals surface area contributed by atoms with E-state index in [-0.39, 0.29) is 5.56 Å². The second-order valence-electron chi connectivity index (χ2n) is 5.10. The largest absolute Gasteiger partial charge is 0.291 e. The number of halogens is 2. The minimum Gasteiger partial charge on any atom is -0.266 e. The Balaban J connectivity index is 1.79. The first-order chi connectivity index (χ1) is 11.6. The molecule has 2 aromatic carbocycles. The molecule has 2 aromatic heterocycles. The van der Waals surface area contributed by atoms with Gasteiger partial charge in [-0.15, -0.1) is 5.10 Å². The third-order valence-electron chi connectivity index (χ3n) is 3.45. The Morgan fingerprint density at radius 3 is 2.46 bits per heavy atom. The van der Waals surface area contributed by atoms with E-state index in [0.29, 0.717) is 20.3 Å². The Labute approximate surface area is 159 Å². The monoisotopic (exact) mass is 465 g/mol. The van der Waals surface area contributed by atoms with E-state index in [4.69, 9.17) is 11.6 Å². The number of benzene rings is 2. The third-order valence-corrected chi connectivity index (χ3v) is 5.38. The lowest BCUT2D eigenvalue weighted by atomic mass is 10.2. The quantitative estimate of drug-likeness (QED) is 0.425. The third kappa shape index (κ3) is 2.97. The molecule has 24 heavy (non-hydrogen) atoms. The second kappa shape index (κ2) is 6.27. The van der Waals surface area contributed by atoms with Crippen LogP contribution in [0.25, 0.3) is 22.4 Å². The summed E-state index contributed by atoms with van der Waals surface area (Å²) >= 11 is 9.48. The van der Waals surface area contributed by atoms with Crippen molar-refractivity contribution in [3.05, 3.63) is 77.6 Å². The average molecular weight is 466 g/mol. The van der Waals surface area contributed by atoms with Crippen LogP contribution in [0.2, 0.25) is 5.02 Å². The molecule has 0 N–H and O–H groups in total. The molecule has 2 heterocycles. The van der Waals surface area contributed by atoms with Crippen molar-refractivity contribution in [3.8, 4) is 11.4 Å². The molecule has 0 bridgehead atoms. The van der Waals surface area contributed by atoms with Crippen molar-refractivity contribution >= 4 is 56.6 Å². The lowest BCUT2D eigenvalue weighted by Crippen LogP contribution is -2.23. The van der Waals surface area contributed by atoms with Gasteiger partial charge in [-0.3, -0.25) is 4.79 Å². The maximum Gasteiger partial charge on any atom is 0.291 e. The summed E-state index contributed by atoms with van der Waals surface area (Å²) in [6, 6.07) is 15.2. The first-order valence-electron chi connectivity index (χ1n) is 7.03. The van der Waals surface area contributed by atoms with Crippen LogP contribution >= 0.6 is 45.5 Å². The zero-order chi connectivity index (χ0) is 16.7. The fourth-order valence-corrected chi connectivity index (χ4v) is 3.66. The fraction of sp³-hybridized carbons (Fsp3) is 0. The first-order valence-corrected chi connectivity index (χ1v) is 9.30. The summed E-state index contributed by atoms with van der Waals surface area (Å²) in [4.78, 5) is 17.6. The molecule has 0 amide bonds. The molecule has 4 rings (SSSR count). The Bertz CT molecular complexity index is 1130. The van der Waals surface area contributed by atoms with E-state index in [2.05, 4.69) is 32.7 Å². The number of thiazole rings is 1. The molecule has 0 aliphatic carbocycles. The minimum absolute atomic E-state index is 0.152. The molecule has 0 fully saturated rings. The SMILES string of the molecule is O=c1/c(=C/c2ccc(I)cc2)sc2nc(-c3ccc(Cl)cc3)nn12. The van der Waals surface area contributed by atoms with Gasteiger partial charge in [-0.2, -0.15) is 9.50 Å². The summed E-state index contributed by atoms with van der Waals surface area (Å²) in [6.07, 6.45) is 1.86. The van der Waals surface area contributed by atoms with Crippen LogP contribution in [0.5, 0.6) is 0 Å². The number of nitrogens with zero attached hydrogens (tertiary/aromatic N) is 3. The van der Waals surface area contributed by atoms with Gasteiger partial charge in [-0.05, 0) is 70.6 Å². The highest BCUT2D eigenvalue weighted by Crippen LogP contribution is 2.19. The van der Waals surface area contributed by atoms with E-state index in [1.54, 1.807) is 12.1 Å². The Morgan fingerprint density at radius 2 is 1.79 bits per heavy atom. The van der Waals surface area contributed by atoms with Crippen LogP contribution in [-0.2, 0) is 0 Å². The minimum atomic E-state index is -0.152. The summed E-state index contributed by atoms with van der Waals surface area (Å²) in [7, 11) is 0. The van der Waals surface area contributed by atoms with Gasteiger partial charge in [0.1, 0.15) is 0 Å². The van der Waals surface area contributed by atoms with Gasteiger partial charge in [0, 0.05) is 14.2 Å². The van der Waals surface area contributed by atoms with E-state index >= 15 is 0 Å². The fourth-order valence-electron chi connectivity index (χ4n) is 2.27. The molecule has 118 valence electrons. The number of fused-ring (bicyclic) bond motifs is 1. The van der Waals surface area contributed by atoms with Crippen molar-refractivity contribution in [3.63, 3.8) is 0 Å². The summed E-state index contributed by atoms with van der Waals surface area (Å²) in [5.74, 6) is 0.524. The van der Waals surface area contributed by atoms with Crippen molar-refractivity contribution in [2.75, 3.05) is 0 Å². The lowest BCUT2D eigenvalue weighted by Gasteiger charge is -1.94. The van der Waals surface area contributed by atoms with Gasteiger partial charge < -0.3 is 0 Å². The molecular formula is C17H9ClIN3OS. The smallest absolute Gasteiger partial charge is 0.266 e. The van der Waals surface area contributed by atoms with Crippen LogP contribution in [0, 0.1) is 3.57 Å². The van der Waals surface area contributed by atoms with Crippen LogP contribution < -0.4 is 10.1 Å². The summed E-state index contributed by atoms with van der Waals surface area (Å²) < 4.78 is 3.13.